The number of thiazole rings is 1. The molecule has 5 rings (SSSR count). The molecule has 162 valence electrons. The van der Waals surface area contributed by atoms with Gasteiger partial charge < -0.3 is 9.88 Å². The highest BCUT2D eigenvalue weighted by molar-refractivity contribution is 7.13. The predicted octanol–water partition coefficient (Wildman–Crippen LogP) is 3.77. The molecule has 0 unspecified atom stereocenters. The zero-order valence-electron chi connectivity index (χ0n) is 16.3. The lowest BCUT2D eigenvalue weighted by Crippen LogP contribution is -2.44. The molecule has 0 atom stereocenters. The van der Waals surface area contributed by atoms with Gasteiger partial charge in [0.05, 0.1) is 11.0 Å². The summed E-state index contributed by atoms with van der Waals surface area (Å²) in [6.45, 7) is 4.54. The number of imidazole rings is 1. The zero-order valence-corrected chi connectivity index (χ0v) is 17.1. The third-order valence-electron chi connectivity index (χ3n) is 5.38. The minimum atomic E-state index is -4.73. The number of nitrogens with zero attached hydrogens (tertiary/aromatic N) is 5. The van der Waals surface area contributed by atoms with Crippen molar-refractivity contribution >= 4 is 33.3 Å². The molecule has 3 aromatic heterocycles. The third kappa shape index (κ3) is 3.77. The number of aromatic nitrogens is 4. The number of pyridine rings is 1. The van der Waals surface area contributed by atoms with Crippen molar-refractivity contribution in [3.05, 3.63) is 41.3 Å². The van der Waals surface area contributed by atoms with E-state index in [0.29, 0.717) is 34.8 Å². The number of halogens is 4. The molecular weight excluding hydrogens is 432 g/mol. The van der Waals surface area contributed by atoms with E-state index in [9.17, 15) is 17.6 Å². The minimum absolute atomic E-state index is 0.0474. The van der Waals surface area contributed by atoms with Crippen molar-refractivity contribution < 1.29 is 17.6 Å². The van der Waals surface area contributed by atoms with E-state index >= 15 is 0 Å². The third-order valence-corrected chi connectivity index (χ3v) is 6.15. The lowest BCUT2D eigenvalue weighted by molar-refractivity contribution is -0.139. The monoisotopic (exact) mass is 450 g/mol. The fourth-order valence-corrected chi connectivity index (χ4v) is 4.58. The van der Waals surface area contributed by atoms with Gasteiger partial charge in [0.25, 0.3) is 0 Å². The molecule has 0 spiro atoms. The van der Waals surface area contributed by atoms with Gasteiger partial charge in [0.15, 0.2) is 16.5 Å². The molecule has 0 amide bonds. The van der Waals surface area contributed by atoms with Gasteiger partial charge in [0.1, 0.15) is 11.3 Å². The highest BCUT2D eigenvalue weighted by Crippen LogP contribution is 2.38. The molecule has 1 aromatic carbocycles. The number of alkyl halides is 3. The van der Waals surface area contributed by atoms with Crippen molar-refractivity contribution in [2.75, 3.05) is 32.7 Å². The Balaban J connectivity index is 1.75. The molecule has 6 nitrogen and oxygen atoms in total. The normalized spacial score (nSPS) is 15.9. The standard InChI is InChI=1S/C20H18F4N6S/c21-12-1-2-13-14(11-12)27-17(20(22,23)24)15-16(13)30(9-8-29-6-3-25-4-7-29)18(28-15)19-26-5-10-31-19/h1-2,5,10-11,25H,3-4,6-9H2. The Morgan fingerprint density at radius 1 is 1.10 bits per heavy atom. The predicted molar refractivity (Wildman–Crippen MR) is 110 cm³/mol. The van der Waals surface area contributed by atoms with Crippen LogP contribution in [0.5, 0.6) is 0 Å². The molecule has 31 heavy (non-hydrogen) atoms. The fraction of sp³-hybridized carbons (Fsp3) is 0.350. The van der Waals surface area contributed by atoms with Crippen LogP contribution in [-0.4, -0.2) is 57.1 Å². The summed E-state index contributed by atoms with van der Waals surface area (Å²) in [7, 11) is 0. The van der Waals surface area contributed by atoms with E-state index in [2.05, 4.69) is 25.2 Å². The number of hydrogen-bond donors (Lipinski definition) is 1. The van der Waals surface area contributed by atoms with E-state index < -0.39 is 17.7 Å². The molecular formula is C20H18F4N6S. The second-order valence-electron chi connectivity index (χ2n) is 7.33. The second-order valence-corrected chi connectivity index (χ2v) is 8.23. The van der Waals surface area contributed by atoms with E-state index in [1.54, 1.807) is 16.1 Å². The summed E-state index contributed by atoms with van der Waals surface area (Å²) in [6, 6.07) is 3.73. The van der Waals surface area contributed by atoms with Crippen LogP contribution in [0.2, 0.25) is 0 Å². The van der Waals surface area contributed by atoms with E-state index in [0.717, 1.165) is 32.2 Å². The molecule has 1 saturated heterocycles. The van der Waals surface area contributed by atoms with E-state index in [4.69, 9.17) is 0 Å². The molecule has 1 aliphatic rings. The van der Waals surface area contributed by atoms with Crippen molar-refractivity contribution in [2.24, 2.45) is 0 Å². The first-order valence-electron chi connectivity index (χ1n) is 9.81. The molecule has 0 saturated carbocycles. The maximum absolute atomic E-state index is 13.9. The van der Waals surface area contributed by atoms with E-state index in [-0.39, 0.29) is 11.0 Å². The van der Waals surface area contributed by atoms with Crippen LogP contribution >= 0.6 is 11.3 Å². The quantitative estimate of drug-likeness (QED) is 0.480. The molecule has 4 heterocycles. The van der Waals surface area contributed by atoms with Crippen molar-refractivity contribution in [2.45, 2.75) is 12.7 Å². The maximum Gasteiger partial charge on any atom is 0.435 e. The minimum Gasteiger partial charge on any atom is -0.320 e. The van der Waals surface area contributed by atoms with Crippen molar-refractivity contribution in [3.8, 4) is 10.8 Å². The molecule has 1 fully saturated rings. The SMILES string of the molecule is Fc1ccc2c(c1)nc(C(F)(F)F)c1nc(-c3nccs3)n(CCN3CCNCC3)c12. The van der Waals surface area contributed by atoms with Crippen molar-refractivity contribution in [1.29, 1.82) is 0 Å². The van der Waals surface area contributed by atoms with Crippen LogP contribution in [0.25, 0.3) is 32.8 Å². The Hall–Kier alpha value is -2.63. The summed E-state index contributed by atoms with van der Waals surface area (Å²) in [5.74, 6) is -0.274. The first kappa shape index (κ1) is 20.3. The van der Waals surface area contributed by atoms with E-state index in [1.807, 2.05) is 0 Å². The highest BCUT2D eigenvalue weighted by Gasteiger charge is 2.38. The number of hydrogen-bond acceptors (Lipinski definition) is 6. The van der Waals surface area contributed by atoms with Crippen molar-refractivity contribution in [3.63, 3.8) is 0 Å². The molecule has 0 bridgehead atoms. The summed E-state index contributed by atoms with van der Waals surface area (Å²) < 4.78 is 57.2. The average molecular weight is 450 g/mol. The molecule has 11 heteroatoms. The van der Waals surface area contributed by atoms with Gasteiger partial charge in [0.2, 0.25) is 0 Å². The van der Waals surface area contributed by atoms with Crippen molar-refractivity contribution in [1.82, 2.24) is 29.7 Å². The van der Waals surface area contributed by atoms with Gasteiger partial charge in [-0.15, -0.1) is 11.3 Å². The molecule has 4 aromatic rings. The average Bonchev–Trinajstić information content (AvgIpc) is 3.39. The topological polar surface area (TPSA) is 58.9 Å². The summed E-state index contributed by atoms with van der Waals surface area (Å²) in [6.07, 6.45) is -3.13. The van der Waals surface area contributed by atoms with E-state index in [1.165, 1.54) is 23.5 Å². The van der Waals surface area contributed by atoms with Crippen LogP contribution in [0.4, 0.5) is 17.6 Å². The molecule has 1 N–H and O–H groups in total. The van der Waals surface area contributed by atoms with Gasteiger partial charge in [-0.05, 0) is 12.1 Å². The Morgan fingerprint density at radius 2 is 1.90 bits per heavy atom. The smallest absolute Gasteiger partial charge is 0.320 e. The molecule has 0 aliphatic carbocycles. The van der Waals surface area contributed by atoms with Gasteiger partial charge in [0, 0.05) is 62.3 Å². The maximum atomic E-state index is 13.9. The molecule has 0 radical (unpaired) electrons. The number of fused-ring (bicyclic) bond motifs is 3. The number of piperazine rings is 1. The zero-order chi connectivity index (χ0) is 21.6. The largest absolute Gasteiger partial charge is 0.435 e. The van der Waals surface area contributed by atoms with Gasteiger partial charge in [-0.25, -0.2) is 19.3 Å². The van der Waals surface area contributed by atoms with Gasteiger partial charge >= 0.3 is 6.18 Å². The Labute approximate surface area is 178 Å². The summed E-state index contributed by atoms with van der Waals surface area (Å²) >= 11 is 1.31. The van der Waals surface area contributed by atoms with Crippen LogP contribution in [-0.2, 0) is 12.7 Å². The van der Waals surface area contributed by atoms with Crippen LogP contribution in [0.15, 0.2) is 29.8 Å². The Kier molecular flexibility index (Phi) is 5.11. The number of rotatable bonds is 4. The fourth-order valence-electron chi connectivity index (χ4n) is 3.95. The van der Waals surface area contributed by atoms with Gasteiger partial charge in [-0.2, -0.15) is 13.2 Å². The van der Waals surface area contributed by atoms with Crippen LogP contribution in [0.3, 0.4) is 0 Å². The number of benzene rings is 1. The molecule has 1 aliphatic heterocycles. The summed E-state index contributed by atoms with van der Waals surface area (Å²) in [5, 5.41) is 6.00. The number of nitrogens with one attached hydrogen (secondary N) is 1. The Morgan fingerprint density at radius 3 is 2.61 bits per heavy atom. The highest BCUT2D eigenvalue weighted by atomic mass is 32.1. The van der Waals surface area contributed by atoms with Crippen LogP contribution in [0.1, 0.15) is 5.69 Å². The van der Waals surface area contributed by atoms with Crippen LogP contribution < -0.4 is 5.32 Å². The summed E-state index contributed by atoms with van der Waals surface area (Å²) in [4.78, 5) is 14.6. The van der Waals surface area contributed by atoms with Gasteiger partial charge in [-0.3, -0.25) is 4.90 Å². The van der Waals surface area contributed by atoms with Gasteiger partial charge in [-0.1, -0.05) is 0 Å². The summed E-state index contributed by atoms with van der Waals surface area (Å²) in [5.41, 5.74) is -1.09. The second kappa shape index (κ2) is 7.81. The first-order valence-corrected chi connectivity index (χ1v) is 10.7. The first-order chi connectivity index (χ1) is 14.9. The Bertz CT molecular complexity index is 1230. The lowest BCUT2D eigenvalue weighted by atomic mass is 10.1. The lowest BCUT2D eigenvalue weighted by Gasteiger charge is -2.27. The van der Waals surface area contributed by atoms with Crippen LogP contribution in [0, 0.1) is 5.82 Å².